The molecule has 0 fully saturated rings. The molecule has 0 heterocycles. The van der Waals surface area contributed by atoms with Gasteiger partial charge in [0.15, 0.2) is 0 Å². The van der Waals surface area contributed by atoms with Gasteiger partial charge in [-0.2, -0.15) is 0 Å². The molecule has 0 saturated heterocycles. The largest absolute Gasteiger partial charge is 0.495 e. The number of methoxy groups -OCH3 is 1. The van der Waals surface area contributed by atoms with Gasteiger partial charge in [-0.25, -0.2) is 4.79 Å². The zero-order valence-electron chi connectivity index (χ0n) is 15.9. The molecule has 4 rings (SSSR count). The van der Waals surface area contributed by atoms with E-state index in [1.54, 1.807) is 31.4 Å². The highest BCUT2D eigenvalue weighted by molar-refractivity contribution is 5.94. The number of esters is 1. The SMILES string of the molecule is COc1ccccc1C#Cc1ccccc1C(=O)Oc1ccc2ccccc2c1. The van der Waals surface area contributed by atoms with Crippen molar-refractivity contribution in [3.05, 3.63) is 108 Å². The average molecular weight is 378 g/mol. The van der Waals surface area contributed by atoms with Crippen LogP contribution in [0.3, 0.4) is 0 Å². The van der Waals surface area contributed by atoms with Crippen molar-refractivity contribution < 1.29 is 14.3 Å². The molecule has 3 nitrogen and oxygen atoms in total. The summed E-state index contributed by atoms with van der Waals surface area (Å²) in [5, 5.41) is 2.11. The Hall–Kier alpha value is -4.03. The fourth-order valence-corrected chi connectivity index (χ4v) is 3.05. The Bertz CT molecular complexity index is 1250. The fourth-order valence-electron chi connectivity index (χ4n) is 3.05. The summed E-state index contributed by atoms with van der Waals surface area (Å²) in [6.45, 7) is 0. The van der Waals surface area contributed by atoms with E-state index >= 15 is 0 Å². The van der Waals surface area contributed by atoms with Gasteiger partial charge in [0, 0.05) is 5.56 Å². The third-order valence-corrected chi connectivity index (χ3v) is 4.52. The lowest BCUT2D eigenvalue weighted by atomic mass is 10.1. The minimum Gasteiger partial charge on any atom is -0.495 e. The number of fused-ring (bicyclic) bond motifs is 1. The molecule has 29 heavy (non-hydrogen) atoms. The molecule has 4 aromatic rings. The molecule has 0 saturated carbocycles. The third-order valence-electron chi connectivity index (χ3n) is 4.52. The van der Waals surface area contributed by atoms with Crippen molar-refractivity contribution in [3.8, 4) is 23.3 Å². The Balaban J connectivity index is 1.62. The Morgan fingerprint density at radius 2 is 1.38 bits per heavy atom. The van der Waals surface area contributed by atoms with Gasteiger partial charge >= 0.3 is 5.97 Å². The minimum absolute atomic E-state index is 0.419. The molecule has 0 radical (unpaired) electrons. The van der Waals surface area contributed by atoms with Gasteiger partial charge in [-0.05, 0) is 47.2 Å². The molecular weight excluding hydrogens is 360 g/mol. The summed E-state index contributed by atoms with van der Waals surface area (Å²) in [4.78, 5) is 12.8. The molecular formula is C26H18O3. The van der Waals surface area contributed by atoms with Gasteiger partial charge in [0.05, 0.1) is 18.2 Å². The van der Waals surface area contributed by atoms with Crippen LogP contribution in [0.1, 0.15) is 21.5 Å². The molecule has 0 N–H and O–H groups in total. The zero-order valence-corrected chi connectivity index (χ0v) is 15.9. The van der Waals surface area contributed by atoms with Crippen LogP contribution >= 0.6 is 0 Å². The van der Waals surface area contributed by atoms with Crippen LogP contribution in [0.4, 0.5) is 0 Å². The average Bonchev–Trinajstić information content (AvgIpc) is 2.78. The first kappa shape index (κ1) is 18.3. The van der Waals surface area contributed by atoms with Gasteiger partial charge in [0.25, 0.3) is 0 Å². The highest BCUT2D eigenvalue weighted by atomic mass is 16.5. The first-order valence-corrected chi connectivity index (χ1v) is 9.19. The predicted octanol–water partition coefficient (Wildman–Crippen LogP) is 5.47. The van der Waals surface area contributed by atoms with Crippen LogP contribution < -0.4 is 9.47 Å². The maximum absolute atomic E-state index is 12.8. The molecule has 4 aromatic carbocycles. The van der Waals surface area contributed by atoms with Crippen LogP contribution in [0.25, 0.3) is 10.8 Å². The highest BCUT2D eigenvalue weighted by Crippen LogP contribution is 2.22. The molecule has 0 aromatic heterocycles. The Kier molecular flexibility index (Phi) is 5.27. The van der Waals surface area contributed by atoms with Gasteiger partial charge < -0.3 is 9.47 Å². The highest BCUT2D eigenvalue weighted by Gasteiger charge is 2.13. The Morgan fingerprint density at radius 3 is 2.21 bits per heavy atom. The first-order chi connectivity index (χ1) is 14.2. The number of hydrogen-bond acceptors (Lipinski definition) is 3. The van der Waals surface area contributed by atoms with Gasteiger partial charge in [-0.1, -0.05) is 66.4 Å². The van der Waals surface area contributed by atoms with Gasteiger partial charge in [0.2, 0.25) is 0 Å². The number of carbonyl (C=O) groups is 1. The second-order valence-electron chi connectivity index (χ2n) is 6.39. The van der Waals surface area contributed by atoms with Gasteiger partial charge in [0.1, 0.15) is 11.5 Å². The third kappa shape index (κ3) is 4.12. The lowest BCUT2D eigenvalue weighted by Crippen LogP contribution is -2.10. The smallest absolute Gasteiger partial charge is 0.344 e. The number of benzene rings is 4. The molecule has 0 aliphatic heterocycles. The van der Waals surface area contributed by atoms with Gasteiger partial charge in [-0.15, -0.1) is 0 Å². The monoisotopic (exact) mass is 378 g/mol. The van der Waals surface area contributed by atoms with Crippen molar-refractivity contribution in [1.29, 1.82) is 0 Å². The van der Waals surface area contributed by atoms with E-state index in [1.807, 2.05) is 66.7 Å². The fraction of sp³-hybridized carbons (Fsp3) is 0.0385. The number of rotatable bonds is 3. The van der Waals surface area contributed by atoms with Crippen LogP contribution in [-0.2, 0) is 0 Å². The van der Waals surface area contributed by atoms with Crippen molar-refractivity contribution in [2.24, 2.45) is 0 Å². The van der Waals surface area contributed by atoms with Crippen LogP contribution in [0.15, 0.2) is 91.0 Å². The Labute approximate surface area is 169 Å². The van der Waals surface area contributed by atoms with E-state index in [1.165, 1.54) is 0 Å². The van der Waals surface area contributed by atoms with Crippen LogP contribution in [0.5, 0.6) is 11.5 Å². The van der Waals surface area contributed by atoms with E-state index < -0.39 is 5.97 Å². The lowest BCUT2D eigenvalue weighted by molar-refractivity contribution is 0.0734. The van der Waals surface area contributed by atoms with E-state index in [4.69, 9.17) is 9.47 Å². The molecule has 3 heteroatoms. The maximum Gasteiger partial charge on any atom is 0.344 e. The number of para-hydroxylation sites is 1. The molecule has 0 atom stereocenters. The van der Waals surface area contributed by atoms with Crippen molar-refractivity contribution in [3.63, 3.8) is 0 Å². The van der Waals surface area contributed by atoms with Crippen LogP contribution in [0, 0.1) is 11.8 Å². The summed E-state index contributed by atoms with van der Waals surface area (Å²) in [6.07, 6.45) is 0. The lowest BCUT2D eigenvalue weighted by Gasteiger charge is -2.07. The number of ether oxygens (including phenoxy) is 2. The van der Waals surface area contributed by atoms with E-state index in [-0.39, 0.29) is 0 Å². The predicted molar refractivity (Wildman–Crippen MR) is 114 cm³/mol. The maximum atomic E-state index is 12.8. The molecule has 140 valence electrons. The van der Waals surface area contributed by atoms with Crippen molar-refractivity contribution in [2.45, 2.75) is 0 Å². The van der Waals surface area contributed by atoms with E-state index in [0.717, 1.165) is 16.3 Å². The van der Waals surface area contributed by atoms with Crippen molar-refractivity contribution >= 4 is 16.7 Å². The number of carbonyl (C=O) groups excluding carboxylic acids is 1. The van der Waals surface area contributed by atoms with Crippen LogP contribution in [-0.4, -0.2) is 13.1 Å². The molecule has 0 spiro atoms. The summed E-state index contributed by atoms with van der Waals surface area (Å²) in [7, 11) is 1.61. The van der Waals surface area contributed by atoms with E-state index in [9.17, 15) is 4.79 Å². The second kappa shape index (κ2) is 8.33. The first-order valence-electron chi connectivity index (χ1n) is 9.19. The molecule has 0 aliphatic carbocycles. The minimum atomic E-state index is -0.440. The quantitative estimate of drug-likeness (QED) is 0.269. The summed E-state index contributed by atoms with van der Waals surface area (Å²) >= 11 is 0. The molecule has 0 bridgehead atoms. The van der Waals surface area contributed by atoms with E-state index in [0.29, 0.717) is 22.6 Å². The van der Waals surface area contributed by atoms with Gasteiger partial charge in [-0.3, -0.25) is 0 Å². The van der Waals surface area contributed by atoms with Crippen LogP contribution in [0.2, 0.25) is 0 Å². The molecule has 0 amide bonds. The zero-order chi connectivity index (χ0) is 20.1. The summed E-state index contributed by atoms with van der Waals surface area (Å²) in [5.41, 5.74) is 1.78. The Morgan fingerprint density at radius 1 is 0.724 bits per heavy atom. The van der Waals surface area contributed by atoms with Crippen molar-refractivity contribution in [1.82, 2.24) is 0 Å². The molecule has 0 unspecified atom stereocenters. The van der Waals surface area contributed by atoms with E-state index in [2.05, 4.69) is 11.8 Å². The van der Waals surface area contributed by atoms with Crippen molar-refractivity contribution in [2.75, 3.05) is 7.11 Å². The second-order valence-corrected chi connectivity index (χ2v) is 6.39. The normalized spacial score (nSPS) is 10.1. The summed E-state index contributed by atoms with van der Waals surface area (Å²) in [6, 6.07) is 28.2. The topological polar surface area (TPSA) is 35.5 Å². The molecule has 0 aliphatic rings. The summed E-state index contributed by atoms with van der Waals surface area (Å²) in [5.74, 6) is 6.90. The number of hydrogen-bond donors (Lipinski definition) is 0. The standard InChI is InChI=1S/C26H18O3/c1-28-25-13-7-5-10-21(25)15-14-20-9-4-6-12-24(20)26(27)29-23-17-16-19-8-2-3-11-22(19)18-23/h2-13,16-18H,1H3. The summed E-state index contributed by atoms with van der Waals surface area (Å²) < 4.78 is 10.9.